The third-order valence-corrected chi connectivity index (χ3v) is 2.17. The van der Waals surface area contributed by atoms with Crippen LogP contribution >= 0.6 is 15.9 Å². The normalized spacial score (nSPS) is 13.4. The molecule has 0 bridgehead atoms. The molecule has 0 saturated carbocycles. The van der Waals surface area contributed by atoms with Crippen LogP contribution in [0.25, 0.3) is 0 Å². The van der Waals surface area contributed by atoms with Crippen LogP contribution in [0, 0.1) is 0 Å². The minimum atomic E-state index is -0.762. The molecule has 0 aliphatic rings. The fourth-order valence-corrected chi connectivity index (χ4v) is 1.15. The summed E-state index contributed by atoms with van der Waals surface area (Å²) < 4.78 is 1.02. The third kappa shape index (κ3) is 4.00. The van der Waals surface area contributed by atoms with Crippen LogP contribution in [-0.4, -0.2) is 35.7 Å². The number of aliphatic hydroxyl groups is 2. The first-order chi connectivity index (χ1) is 6.72. The van der Waals surface area contributed by atoms with E-state index in [0.29, 0.717) is 0 Å². The van der Waals surface area contributed by atoms with Gasteiger partial charge in [-0.25, -0.2) is 0 Å². The van der Waals surface area contributed by atoms with Crippen LogP contribution in [0.2, 0.25) is 0 Å². The van der Waals surface area contributed by atoms with Gasteiger partial charge in [0.15, 0.2) is 0 Å². The molecule has 76 valence electrons. The number of halogens is 1. The van der Waals surface area contributed by atoms with Crippen molar-refractivity contribution >= 4 is 22.1 Å². The minimum Gasteiger partial charge on any atom is -0.394 e. The predicted molar refractivity (Wildman–Crippen MR) is 59.7 cm³/mol. The molecule has 1 aromatic rings. The van der Waals surface area contributed by atoms with Crippen molar-refractivity contribution in [3.8, 4) is 0 Å². The molecule has 1 unspecified atom stereocenters. The lowest BCUT2D eigenvalue weighted by Crippen LogP contribution is -2.15. The van der Waals surface area contributed by atoms with E-state index in [1.54, 1.807) is 6.21 Å². The summed E-state index contributed by atoms with van der Waals surface area (Å²) >= 11 is 3.33. The molecule has 0 amide bonds. The summed E-state index contributed by atoms with van der Waals surface area (Å²) in [5, 5.41) is 17.5. The second kappa shape index (κ2) is 5.90. The SMILES string of the molecule is OCC(O)CN=Cc1ccc(Br)cc1. The molecule has 0 aromatic heterocycles. The number of aliphatic hydroxyl groups excluding tert-OH is 2. The van der Waals surface area contributed by atoms with Gasteiger partial charge in [0.25, 0.3) is 0 Å². The van der Waals surface area contributed by atoms with Crippen LogP contribution in [-0.2, 0) is 0 Å². The highest BCUT2D eigenvalue weighted by Gasteiger charge is 1.97. The topological polar surface area (TPSA) is 52.8 Å². The van der Waals surface area contributed by atoms with Crippen molar-refractivity contribution in [1.29, 1.82) is 0 Å². The van der Waals surface area contributed by atoms with Crippen LogP contribution < -0.4 is 0 Å². The third-order valence-electron chi connectivity index (χ3n) is 1.64. The van der Waals surface area contributed by atoms with Gasteiger partial charge in [-0.1, -0.05) is 28.1 Å². The Hall–Kier alpha value is -0.710. The van der Waals surface area contributed by atoms with Crippen molar-refractivity contribution in [3.05, 3.63) is 34.3 Å². The molecule has 1 atom stereocenters. The molecule has 0 aliphatic heterocycles. The predicted octanol–water partition coefficient (Wildman–Crippen LogP) is 1.22. The van der Waals surface area contributed by atoms with Crippen molar-refractivity contribution in [2.24, 2.45) is 4.99 Å². The Balaban J connectivity index is 2.48. The molecule has 0 saturated heterocycles. The Morgan fingerprint density at radius 3 is 2.57 bits per heavy atom. The van der Waals surface area contributed by atoms with E-state index in [0.717, 1.165) is 10.0 Å². The first kappa shape index (κ1) is 11.4. The standard InChI is InChI=1S/C10H12BrNO2/c11-9-3-1-8(2-4-9)5-12-6-10(14)7-13/h1-5,10,13-14H,6-7H2. The maximum atomic E-state index is 9.01. The molecule has 2 N–H and O–H groups in total. The van der Waals surface area contributed by atoms with Gasteiger partial charge >= 0.3 is 0 Å². The van der Waals surface area contributed by atoms with E-state index >= 15 is 0 Å². The van der Waals surface area contributed by atoms with Gasteiger partial charge in [-0.3, -0.25) is 4.99 Å². The van der Waals surface area contributed by atoms with Crippen LogP contribution in [0.4, 0.5) is 0 Å². The maximum Gasteiger partial charge on any atom is 0.0965 e. The maximum absolute atomic E-state index is 9.01. The van der Waals surface area contributed by atoms with Crippen molar-refractivity contribution < 1.29 is 10.2 Å². The van der Waals surface area contributed by atoms with Gasteiger partial charge in [-0.15, -0.1) is 0 Å². The molecule has 0 aliphatic carbocycles. The van der Waals surface area contributed by atoms with E-state index in [9.17, 15) is 0 Å². The van der Waals surface area contributed by atoms with E-state index in [4.69, 9.17) is 10.2 Å². The molecule has 1 aromatic carbocycles. The molecule has 0 heterocycles. The van der Waals surface area contributed by atoms with Crippen LogP contribution in [0.5, 0.6) is 0 Å². The Morgan fingerprint density at radius 2 is 2.00 bits per heavy atom. The van der Waals surface area contributed by atoms with Gasteiger partial charge in [0.05, 0.1) is 19.3 Å². The zero-order chi connectivity index (χ0) is 10.4. The van der Waals surface area contributed by atoms with Gasteiger partial charge in [0.2, 0.25) is 0 Å². The van der Waals surface area contributed by atoms with Gasteiger partial charge in [-0.05, 0) is 17.7 Å². The zero-order valence-electron chi connectivity index (χ0n) is 7.60. The van der Waals surface area contributed by atoms with E-state index < -0.39 is 6.10 Å². The Kier molecular flexibility index (Phi) is 4.79. The minimum absolute atomic E-state index is 0.229. The van der Waals surface area contributed by atoms with E-state index in [1.165, 1.54) is 0 Å². The van der Waals surface area contributed by atoms with Gasteiger partial charge < -0.3 is 10.2 Å². The van der Waals surface area contributed by atoms with Crippen LogP contribution in [0.3, 0.4) is 0 Å². The molecule has 14 heavy (non-hydrogen) atoms. The fraction of sp³-hybridized carbons (Fsp3) is 0.300. The second-order valence-electron chi connectivity index (χ2n) is 2.88. The smallest absolute Gasteiger partial charge is 0.0965 e. The summed E-state index contributed by atoms with van der Waals surface area (Å²) in [6, 6.07) is 7.67. The first-order valence-electron chi connectivity index (χ1n) is 4.26. The van der Waals surface area contributed by atoms with E-state index in [1.807, 2.05) is 24.3 Å². The molecular formula is C10H12BrNO2. The molecule has 0 fully saturated rings. The largest absolute Gasteiger partial charge is 0.394 e. The summed E-state index contributed by atoms with van der Waals surface area (Å²) in [5.41, 5.74) is 0.971. The van der Waals surface area contributed by atoms with Gasteiger partial charge in [0.1, 0.15) is 0 Å². The van der Waals surface area contributed by atoms with Crippen molar-refractivity contribution in [2.45, 2.75) is 6.10 Å². The summed E-state index contributed by atoms with van der Waals surface area (Å²) in [7, 11) is 0. The summed E-state index contributed by atoms with van der Waals surface area (Å²) in [4.78, 5) is 3.99. The lowest BCUT2D eigenvalue weighted by Gasteiger charge is -2.00. The fourth-order valence-electron chi connectivity index (χ4n) is 0.886. The highest BCUT2D eigenvalue weighted by Crippen LogP contribution is 2.08. The quantitative estimate of drug-likeness (QED) is 0.798. The average molecular weight is 258 g/mol. The number of aliphatic imine (C=N–C) groups is 1. The zero-order valence-corrected chi connectivity index (χ0v) is 9.18. The molecular weight excluding hydrogens is 246 g/mol. The molecule has 4 heteroatoms. The first-order valence-corrected chi connectivity index (χ1v) is 5.06. The molecule has 0 spiro atoms. The van der Waals surface area contributed by atoms with E-state index in [-0.39, 0.29) is 13.2 Å². The summed E-state index contributed by atoms with van der Waals surface area (Å²) in [5.74, 6) is 0. The number of hydrogen-bond acceptors (Lipinski definition) is 3. The Bertz CT molecular complexity index is 297. The second-order valence-corrected chi connectivity index (χ2v) is 3.80. The number of benzene rings is 1. The summed E-state index contributed by atoms with van der Waals surface area (Å²) in [6.45, 7) is -0.0236. The highest BCUT2D eigenvalue weighted by atomic mass is 79.9. The average Bonchev–Trinajstić information content (AvgIpc) is 2.21. The van der Waals surface area contributed by atoms with Crippen LogP contribution in [0.15, 0.2) is 33.7 Å². The van der Waals surface area contributed by atoms with Crippen molar-refractivity contribution in [1.82, 2.24) is 0 Å². The molecule has 3 nitrogen and oxygen atoms in total. The van der Waals surface area contributed by atoms with Gasteiger partial charge in [0, 0.05) is 10.7 Å². The van der Waals surface area contributed by atoms with Crippen LogP contribution in [0.1, 0.15) is 5.56 Å². The molecule has 1 rings (SSSR count). The Morgan fingerprint density at radius 1 is 1.36 bits per heavy atom. The summed E-state index contributed by atoms with van der Waals surface area (Å²) in [6.07, 6.45) is 0.910. The molecule has 0 radical (unpaired) electrons. The van der Waals surface area contributed by atoms with E-state index in [2.05, 4.69) is 20.9 Å². The number of nitrogens with zero attached hydrogens (tertiary/aromatic N) is 1. The van der Waals surface area contributed by atoms with Gasteiger partial charge in [-0.2, -0.15) is 0 Å². The lowest BCUT2D eigenvalue weighted by molar-refractivity contribution is 0.102. The number of rotatable bonds is 4. The monoisotopic (exact) mass is 257 g/mol. The Labute approximate surface area is 91.2 Å². The van der Waals surface area contributed by atoms with Crippen molar-refractivity contribution in [3.63, 3.8) is 0 Å². The lowest BCUT2D eigenvalue weighted by atomic mass is 10.2. The number of hydrogen-bond donors (Lipinski definition) is 2. The van der Waals surface area contributed by atoms with Crippen molar-refractivity contribution in [2.75, 3.05) is 13.2 Å². The highest BCUT2D eigenvalue weighted by molar-refractivity contribution is 9.10.